The zero-order valence-electron chi connectivity index (χ0n) is 11.6. The molecule has 0 fully saturated rings. The van der Waals surface area contributed by atoms with E-state index in [9.17, 15) is 8.78 Å². The highest BCUT2D eigenvalue weighted by molar-refractivity contribution is 6.36. The predicted molar refractivity (Wildman–Crippen MR) is 82.8 cm³/mol. The molecule has 0 heterocycles. The van der Waals surface area contributed by atoms with Crippen LogP contribution in [0.3, 0.4) is 0 Å². The third-order valence-corrected chi connectivity index (χ3v) is 4.10. The molecule has 0 spiro atoms. The van der Waals surface area contributed by atoms with Gasteiger partial charge in [0.15, 0.2) is 0 Å². The molecule has 1 nitrogen and oxygen atoms in total. The van der Waals surface area contributed by atoms with E-state index in [1.54, 1.807) is 18.2 Å². The quantitative estimate of drug-likeness (QED) is 0.711. The summed E-state index contributed by atoms with van der Waals surface area (Å²) in [5.74, 6) is -0.815. The first-order chi connectivity index (χ1) is 9.91. The summed E-state index contributed by atoms with van der Waals surface area (Å²) >= 11 is 12.1. The van der Waals surface area contributed by atoms with Crippen molar-refractivity contribution in [3.8, 4) is 0 Å². The van der Waals surface area contributed by atoms with E-state index in [0.29, 0.717) is 16.1 Å². The summed E-state index contributed by atoms with van der Waals surface area (Å²) in [6.45, 7) is 3.64. The van der Waals surface area contributed by atoms with Crippen molar-refractivity contribution in [2.75, 3.05) is 0 Å². The topological polar surface area (TPSA) is 12.0 Å². The molecular formula is C16H15Cl2F2N. The van der Waals surface area contributed by atoms with Crippen molar-refractivity contribution < 1.29 is 8.78 Å². The van der Waals surface area contributed by atoms with Gasteiger partial charge in [-0.15, -0.1) is 0 Å². The monoisotopic (exact) mass is 329 g/mol. The number of halogens is 4. The molecule has 1 N–H and O–H groups in total. The largest absolute Gasteiger partial charge is 0.303 e. The smallest absolute Gasteiger partial charge is 0.142 e. The van der Waals surface area contributed by atoms with Gasteiger partial charge in [-0.1, -0.05) is 41.4 Å². The van der Waals surface area contributed by atoms with Gasteiger partial charge in [-0.3, -0.25) is 0 Å². The van der Waals surface area contributed by atoms with E-state index >= 15 is 0 Å². The second-order valence-electron chi connectivity index (χ2n) is 4.89. The molecule has 0 aromatic heterocycles. The lowest BCUT2D eigenvalue weighted by Crippen LogP contribution is -2.24. The minimum Gasteiger partial charge on any atom is -0.303 e. The molecule has 0 aliphatic carbocycles. The lowest BCUT2D eigenvalue weighted by Gasteiger charge is -2.23. The maximum absolute atomic E-state index is 13.8. The van der Waals surface area contributed by atoms with E-state index in [2.05, 4.69) is 5.32 Å². The maximum Gasteiger partial charge on any atom is 0.142 e. The summed E-state index contributed by atoms with van der Waals surface area (Å²) in [5, 5.41) is 3.55. The molecule has 21 heavy (non-hydrogen) atoms. The molecular weight excluding hydrogens is 315 g/mol. The Hall–Kier alpha value is -1.16. The van der Waals surface area contributed by atoms with Crippen LogP contribution in [-0.2, 0) is 0 Å². The maximum atomic E-state index is 13.8. The summed E-state index contributed by atoms with van der Waals surface area (Å²) in [7, 11) is 0. The van der Waals surface area contributed by atoms with Crippen LogP contribution in [0, 0.1) is 11.6 Å². The average molecular weight is 330 g/mol. The van der Waals surface area contributed by atoms with Crippen LogP contribution >= 0.6 is 23.2 Å². The molecule has 0 radical (unpaired) electrons. The first kappa shape index (κ1) is 16.2. The highest BCUT2D eigenvalue weighted by Gasteiger charge is 2.20. The fourth-order valence-corrected chi connectivity index (χ4v) is 3.01. The third-order valence-electron chi connectivity index (χ3n) is 3.38. The lowest BCUT2D eigenvalue weighted by atomic mass is 10.0. The van der Waals surface area contributed by atoms with Crippen LogP contribution in [0.15, 0.2) is 36.4 Å². The molecule has 0 amide bonds. The minimum absolute atomic E-state index is 0.0109. The molecule has 2 aromatic carbocycles. The Kier molecular flexibility index (Phi) is 5.20. The Labute approximate surface area is 132 Å². The zero-order valence-corrected chi connectivity index (χ0v) is 13.1. The number of hydrogen-bond donors (Lipinski definition) is 1. The summed E-state index contributed by atoms with van der Waals surface area (Å²) in [4.78, 5) is 0. The van der Waals surface area contributed by atoms with Crippen LogP contribution in [0.2, 0.25) is 10.0 Å². The summed E-state index contributed by atoms with van der Waals surface area (Å²) in [5.41, 5.74) is 1.01. The van der Waals surface area contributed by atoms with E-state index in [4.69, 9.17) is 23.2 Å². The predicted octanol–water partition coefficient (Wildman–Crippen LogP) is 5.68. The van der Waals surface area contributed by atoms with Crippen molar-refractivity contribution in [3.05, 3.63) is 69.2 Å². The molecule has 0 saturated heterocycles. The van der Waals surface area contributed by atoms with E-state index in [0.717, 1.165) is 0 Å². The Balaban J connectivity index is 2.25. The highest BCUT2D eigenvalue weighted by Crippen LogP contribution is 2.33. The summed E-state index contributed by atoms with van der Waals surface area (Å²) in [6.07, 6.45) is 0. The fraction of sp³-hybridized carbons (Fsp3) is 0.250. The lowest BCUT2D eigenvalue weighted by molar-refractivity contribution is 0.472. The van der Waals surface area contributed by atoms with E-state index in [-0.39, 0.29) is 22.9 Å². The van der Waals surface area contributed by atoms with Crippen LogP contribution in [0.5, 0.6) is 0 Å². The normalized spacial score (nSPS) is 14.0. The van der Waals surface area contributed by atoms with Crippen molar-refractivity contribution >= 4 is 23.2 Å². The van der Waals surface area contributed by atoms with Crippen LogP contribution in [0.1, 0.15) is 37.1 Å². The minimum atomic E-state index is -0.525. The zero-order chi connectivity index (χ0) is 15.6. The third kappa shape index (κ3) is 3.54. The molecule has 0 bridgehead atoms. The summed E-state index contributed by atoms with van der Waals surface area (Å²) < 4.78 is 27.3. The van der Waals surface area contributed by atoms with Crippen LogP contribution in [0.4, 0.5) is 8.78 Å². The Morgan fingerprint density at radius 2 is 1.57 bits per heavy atom. The van der Waals surface area contributed by atoms with Gasteiger partial charge in [0, 0.05) is 28.2 Å². The fourth-order valence-electron chi connectivity index (χ4n) is 2.31. The van der Waals surface area contributed by atoms with E-state index < -0.39 is 5.82 Å². The number of hydrogen-bond acceptors (Lipinski definition) is 1. The van der Waals surface area contributed by atoms with Gasteiger partial charge in [0.2, 0.25) is 0 Å². The van der Waals surface area contributed by atoms with Crippen molar-refractivity contribution in [1.82, 2.24) is 5.32 Å². The van der Waals surface area contributed by atoms with Crippen molar-refractivity contribution in [1.29, 1.82) is 0 Å². The SMILES string of the molecule is CC(NC(C)c1c(Cl)ccc(F)c1Cl)c1ccccc1F. The standard InChI is InChI=1S/C16H15Cl2F2N/c1-9(11-5-3-4-6-13(11)19)21-10(2)15-12(17)7-8-14(20)16(15)18/h3-10,21H,1-2H3. The number of benzene rings is 2. The van der Waals surface area contributed by atoms with E-state index in [1.807, 2.05) is 13.8 Å². The molecule has 2 atom stereocenters. The van der Waals surface area contributed by atoms with Crippen molar-refractivity contribution in [2.45, 2.75) is 25.9 Å². The van der Waals surface area contributed by atoms with Gasteiger partial charge in [0.25, 0.3) is 0 Å². The van der Waals surface area contributed by atoms with Crippen LogP contribution in [-0.4, -0.2) is 0 Å². The highest BCUT2D eigenvalue weighted by atomic mass is 35.5. The molecule has 0 aliphatic rings. The Morgan fingerprint density at radius 3 is 2.24 bits per heavy atom. The molecule has 2 unspecified atom stereocenters. The second-order valence-corrected chi connectivity index (χ2v) is 5.67. The van der Waals surface area contributed by atoms with E-state index in [1.165, 1.54) is 18.2 Å². The van der Waals surface area contributed by atoms with Gasteiger partial charge in [0.1, 0.15) is 11.6 Å². The second kappa shape index (κ2) is 6.73. The molecule has 0 aliphatic heterocycles. The van der Waals surface area contributed by atoms with Crippen molar-refractivity contribution in [2.24, 2.45) is 0 Å². The van der Waals surface area contributed by atoms with Crippen LogP contribution < -0.4 is 5.32 Å². The van der Waals surface area contributed by atoms with Gasteiger partial charge in [-0.2, -0.15) is 0 Å². The number of rotatable bonds is 4. The van der Waals surface area contributed by atoms with Gasteiger partial charge in [-0.25, -0.2) is 8.78 Å². The molecule has 2 rings (SSSR count). The Morgan fingerprint density at radius 1 is 0.905 bits per heavy atom. The average Bonchev–Trinajstić information content (AvgIpc) is 2.43. The van der Waals surface area contributed by atoms with Gasteiger partial charge < -0.3 is 5.32 Å². The molecule has 2 aromatic rings. The van der Waals surface area contributed by atoms with Crippen LogP contribution in [0.25, 0.3) is 0 Å². The van der Waals surface area contributed by atoms with Gasteiger partial charge in [-0.05, 0) is 32.0 Å². The number of nitrogens with one attached hydrogen (secondary N) is 1. The summed E-state index contributed by atoms with van der Waals surface area (Å²) in [6, 6.07) is 8.60. The van der Waals surface area contributed by atoms with Gasteiger partial charge in [0.05, 0.1) is 5.02 Å². The molecule has 112 valence electrons. The van der Waals surface area contributed by atoms with Crippen molar-refractivity contribution in [3.63, 3.8) is 0 Å². The first-order valence-corrected chi connectivity index (χ1v) is 7.31. The molecule has 5 heteroatoms. The Bertz CT molecular complexity index is 646. The first-order valence-electron chi connectivity index (χ1n) is 6.55. The van der Waals surface area contributed by atoms with Gasteiger partial charge >= 0.3 is 0 Å². The molecule has 0 saturated carbocycles.